The summed E-state index contributed by atoms with van der Waals surface area (Å²) >= 11 is 5.72. The van der Waals surface area contributed by atoms with Crippen LogP contribution in [-0.2, 0) is 4.79 Å². The number of anilines is 1. The molecule has 1 heterocycles. The zero-order valence-electron chi connectivity index (χ0n) is 13.3. The van der Waals surface area contributed by atoms with Crippen LogP contribution in [0, 0.1) is 5.82 Å². The summed E-state index contributed by atoms with van der Waals surface area (Å²) in [4.78, 5) is 28.0. The van der Waals surface area contributed by atoms with E-state index in [4.69, 9.17) is 11.6 Å². The van der Waals surface area contributed by atoms with E-state index < -0.39 is 11.9 Å². The minimum Gasteiger partial charge on any atom is -0.342 e. The van der Waals surface area contributed by atoms with Crippen molar-refractivity contribution >= 4 is 29.2 Å². The van der Waals surface area contributed by atoms with Crippen molar-refractivity contribution in [3.63, 3.8) is 0 Å². The normalized spacial score (nSPS) is 18.3. The number of rotatable bonds is 4. The second-order valence-corrected chi connectivity index (χ2v) is 6.08. The number of unbranched alkanes of at least 4 members (excludes halogenated alkanes) is 1. The summed E-state index contributed by atoms with van der Waals surface area (Å²) in [5, 5.41) is 2.63. The first kappa shape index (κ1) is 17.5. The molecule has 1 aromatic carbocycles. The summed E-state index contributed by atoms with van der Waals surface area (Å²) in [6, 6.07) is 3.17. The van der Waals surface area contributed by atoms with Gasteiger partial charge in [0.2, 0.25) is 5.91 Å². The van der Waals surface area contributed by atoms with E-state index in [1.807, 2.05) is 6.92 Å². The summed E-state index contributed by atoms with van der Waals surface area (Å²) in [6.45, 7) is 3.01. The number of nitrogens with zero attached hydrogens (tertiary/aromatic N) is 2. The van der Waals surface area contributed by atoms with Gasteiger partial charge in [-0.05, 0) is 24.6 Å². The highest BCUT2D eigenvalue weighted by atomic mass is 35.5. The monoisotopic (exact) mass is 341 g/mol. The van der Waals surface area contributed by atoms with E-state index in [2.05, 4.69) is 5.32 Å². The first-order chi connectivity index (χ1) is 10.9. The molecule has 1 aromatic rings. The van der Waals surface area contributed by atoms with Crippen LogP contribution in [-0.4, -0.2) is 47.9 Å². The lowest BCUT2D eigenvalue weighted by Gasteiger charge is -2.39. The molecule has 0 spiro atoms. The second kappa shape index (κ2) is 7.64. The van der Waals surface area contributed by atoms with Crippen LogP contribution < -0.4 is 5.32 Å². The number of benzene rings is 1. The van der Waals surface area contributed by atoms with Crippen molar-refractivity contribution in [1.29, 1.82) is 0 Å². The topological polar surface area (TPSA) is 52.7 Å². The van der Waals surface area contributed by atoms with Crippen LogP contribution >= 0.6 is 11.6 Å². The van der Waals surface area contributed by atoms with E-state index >= 15 is 0 Å². The number of amides is 3. The Morgan fingerprint density at radius 2 is 2.17 bits per heavy atom. The third kappa shape index (κ3) is 4.13. The van der Waals surface area contributed by atoms with Crippen LogP contribution in [0.1, 0.15) is 26.2 Å². The number of piperazine rings is 1. The maximum Gasteiger partial charge on any atom is 0.322 e. The number of urea groups is 1. The zero-order valence-corrected chi connectivity index (χ0v) is 14.1. The number of halogens is 2. The predicted octanol–water partition coefficient (Wildman–Crippen LogP) is 3.34. The fourth-order valence-corrected chi connectivity index (χ4v) is 2.78. The molecule has 1 saturated heterocycles. The van der Waals surface area contributed by atoms with Gasteiger partial charge in [-0.25, -0.2) is 9.18 Å². The third-order valence-electron chi connectivity index (χ3n) is 3.98. The van der Waals surface area contributed by atoms with Gasteiger partial charge in [-0.2, -0.15) is 0 Å². The standard InChI is InChI=1S/C16H21ClFN3O2/c1-3-4-5-14-15(22)20(2)8-9-21(14)16(23)19-11-6-7-13(18)12(17)10-11/h6-7,10,14H,3-5,8-9H2,1-2H3,(H,19,23). The molecule has 1 fully saturated rings. The van der Waals surface area contributed by atoms with Gasteiger partial charge in [-0.1, -0.05) is 31.4 Å². The quantitative estimate of drug-likeness (QED) is 0.913. The summed E-state index contributed by atoms with van der Waals surface area (Å²) in [6.07, 6.45) is 2.46. The highest BCUT2D eigenvalue weighted by Crippen LogP contribution is 2.21. The van der Waals surface area contributed by atoms with E-state index in [-0.39, 0.29) is 17.0 Å². The summed E-state index contributed by atoms with van der Waals surface area (Å²) in [7, 11) is 1.75. The summed E-state index contributed by atoms with van der Waals surface area (Å²) in [5.74, 6) is -0.586. The Balaban J connectivity index is 2.11. The van der Waals surface area contributed by atoms with E-state index in [1.165, 1.54) is 18.2 Å². The van der Waals surface area contributed by atoms with Gasteiger partial charge in [0.25, 0.3) is 0 Å². The molecule has 1 unspecified atom stereocenters. The molecule has 0 radical (unpaired) electrons. The molecule has 7 heteroatoms. The van der Waals surface area contributed by atoms with Crippen LogP contribution in [0.25, 0.3) is 0 Å². The molecular weight excluding hydrogens is 321 g/mol. The highest BCUT2D eigenvalue weighted by Gasteiger charge is 2.35. The first-order valence-corrected chi connectivity index (χ1v) is 8.09. The van der Waals surface area contributed by atoms with E-state index in [1.54, 1.807) is 16.8 Å². The van der Waals surface area contributed by atoms with Gasteiger partial charge in [0.05, 0.1) is 5.02 Å². The smallest absolute Gasteiger partial charge is 0.322 e. The van der Waals surface area contributed by atoms with Gasteiger partial charge in [-0.3, -0.25) is 4.79 Å². The van der Waals surface area contributed by atoms with Crippen molar-refractivity contribution in [1.82, 2.24) is 9.80 Å². The molecule has 0 bridgehead atoms. The highest BCUT2D eigenvalue weighted by molar-refractivity contribution is 6.31. The molecule has 1 aliphatic heterocycles. The average molecular weight is 342 g/mol. The molecule has 0 saturated carbocycles. The largest absolute Gasteiger partial charge is 0.342 e. The molecule has 1 N–H and O–H groups in total. The molecular formula is C16H21ClFN3O2. The lowest BCUT2D eigenvalue weighted by Crippen LogP contribution is -2.58. The molecule has 126 valence electrons. The fraction of sp³-hybridized carbons (Fsp3) is 0.500. The number of likely N-dealkylation sites (N-methyl/N-ethyl adjacent to an activating group) is 1. The Kier molecular flexibility index (Phi) is 5.82. The molecule has 0 aromatic heterocycles. The average Bonchev–Trinajstić information content (AvgIpc) is 2.52. The van der Waals surface area contributed by atoms with E-state index in [0.717, 1.165) is 12.8 Å². The lowest BCUT2D eigenvalue weighted by atomic mass is 10.0. The maximum absolute atomic E-state index is 13.2. The molecule has 1 atom stereocenters. The summed E-state index contributed by atoms with van der Waals surface area (Å²) < 4.78 is 13.2. The van der Waals surface area contributed by atoms with Gasteiger partial charge in [0.1, 0.15) is 11.9 Å². The van der Waals surface area contributed by atoms with Crippen LogP contribution in [0.2, 0.25) is 5.02 Å². The van der Waals surface area contributed by atoms with Crippen molar-refractivity contribution in [2.24, 2.45) is 0 Å². The molecule has 2 rings (SSSR count). The number of nitrogens with one attached hydrogen (secondary N) is 1. The summed E-state index contributed by atoms with van der Waals surface area (Å²) in [5.41, 5.74) is 0.405. The van der Waals surface area contributed by atoms with E-state index in [9.17, 15) is 14.0 Å². The van der Waals surface area contributed by atoms with Crippen LogP contribution in [0.15, 0.2) is 18.2 Å². The second-order valence-electron chi connectivity index (χ2n) is 5.67. The van der Waals surface area contributed by atoms with Gasteiger partial charge in [0.15, 0.2) is 0 Å². The third-order valence-corrected chi connectivity index (χ3v) is 4.27. The molecule has 0 aliphatic carbocycles. The number of hydrogen-bond donors (Lipinski definition) is 1. The Labute approximate surface area is 140 Å². The fourth-order valence-electron chi connectivity index (χ4n) is 2.60. The predicted molar refractivity (Wildman–Crippen MR) is 88.1 cm³/mol. The van der Waals surface area contributed by atoms with E-state index in [0.29, 0.717) is 25.2 Å². The Morgan fingerprint density at radius 3 is 2.83 bits per heavy atom. The SMILES string of the molecule is CCCCC1C(=O)N(C)CCN1C(=O)Nc1ccc(F)c(Cl)c1. The van der Waals surface area contributed by atoms with Gasteiger partial charge >= 0.3 is 6.03 Å². The van der Waals surface area contributed by atoms with Crippen molar-refractivity contribution < 1.29 is 14.0 Å². The minimum absolute atomic E-state index is 0.0445. The molecule has 1 aliphatic rings. The zero-order chi connectivity index (χ0) is 17.0. The minimum atomic E-state index is -0.541. The maximum atomic E-state index is 13.2. The first-order valence-electron chi connectivity index (χ1n) is 7.71. The molecule has 3 amide bonds. The molecule has 5 nitrogen and oxygen atoms in total. The Morgan fingerprint density at radius 1 is 1.43 bits per heavy atom. The molecule has 23 heavy (non-hydrogen) atoms. The van der Waals surface area contributed by atoms with Crippen LogP contribution in [0.5, 0.6) is 0 Å². The van der Waals surface area contributed by atoms with Gasteiger partial charge in [-0.15, -0.1) is 0 Å². The van der Waals surface area contributed by atoms with Gasteiger partial charge in [0, 0.05) is 25.8 Å². The van der Waals surface area contributed by atoms with Gasteiger partial charge < -0.3 is 15.1 Å². The van der Waals surface area contributed by atoms with Crippen molar-refractivity contribution in [3.8, 4) is 0 Å². The number of carbonyl (C=O) groups is 2. The Bertz CT molecular complexity index is 597. The van der Waals surface area contributed by atoms with Crippen molar-refractivity contribution in [2.45, 2.75) is 32.2 Å². The van der Waals surface area contributed by atoms with Crippen molar-refractivity contribution in [3.05, 3.63) is 29.0 Å². The lowest BCUT2D eigenvalue weighted by molar-refractivity contribution is -0.138. The number of carbonyl (C=O) groups excluding carboxylic acids is 2. The van der Waals surface area contributed by atoms with Crippen LogP contribution in [0.4, 0.5) is 14.9 Å². The van der Waals surface area contributed by atoms with Crippen molar-refractivity contribution in [2.75, 3.05) is 25.5 Å². The number of hydrogen-bond acceptors (Lipinski definition) is 2. The van der Waals surface area contributed by atoms with Crippen LogP contribution in [0.3, 0.4) is 0 Å². The Hall–Kier alpha value is -1.82.